The van der Waals surface area contributed by atoms with E-state index >= 15 is 0 Å². The van der Waals surface area contributed by atoms with Gasteiger partial charge in [-0.1, -0.05) is 18.2 Å². The lowest BCUT2D eigenvalue weighted by Gasteiger charge is -2.04. The zero-order chi connectivity index (χ0) is 9.26. The second-order valence-corrected chi connectivity index (χ2v) is 2.86. The molecule has 1 aromatic rings. The van der Waals surface area contributed by atoms with Crippen molar-refractivity contribution < 1.29 is 4.79 Å². The van der Waals surface area contributed by atoms with Gasteiger partial charge in [-0.3, -0.25) is 9.79 Å². The molecule has 1 aliphatic rings. The summed E-state index contributed by atoms with van der Waals surface area (Å²) >= 11 is 0. The number of carbonyl (C=O) groups excluding carboxylic acids is 1. The minimum atomic E-state index is -0.0916. The minimum absolute atomic E-state index is 0.0916. The van der Waals surface area contributed by atoms with Crippen molar-refractivity contribution in [2.75, 3.05) is 11.9 Å². The molecule has 1 radical (unpaired) electrons. The number of fused-ring (bicyclic) bond motifs is 1. The number of aliphatic imine (C=N–C) groups is 1. The molecular formula is C10H9N2O. The van der Waals surface area contributed by atoms with Crippen molar-refractivity contribution in [2.45, 2.75) is 0 Å². The summed E-state index contributed by atoms with van der Waals surface area (Å²) < 4.78 is 0. The molecular weight excluding hydrogens is 164 g/mol. The number of amides is 1. The van der Waals surface area contributed by atoms with Gasteiger partial charge in [-0.25, -0.2) is 0 Å². The fourth-order valence-corrected chi connectivity index (χ4v) is 1.29. The second kappa shape index (κ2) is 3.01. The van der Waals surface area contributed by atoms with Gasteiger partial charge in [0.05, 0.1) is 0 Å². The fourth-order valence-electron chi connectivity index (χ4n) is 1.29. The SMILES string of the molecule is [CH2]C1=NCC(=O)Nc2ccccc21. The molecule has 3 heteroatoms. The van der Waals surface area contributed by atoms with Crippen molar-refractivity contribution in [3.8, 4) is 0 Å². The van der Waals surface area contributed by atoms with Gasteiger partial charge in [-0.2, -0.15) is 0 Å². The Morgan fingerprint density at radius 2 is 2.15 bits per heavy atom. The van der Waals surface area contributed by atoms with Crippen LogP contribution in [0.1, 0.15) is 5.56 Å². The molecule has 0 bridgehead atoms. The summed E-state index contributed by atoms with van der Waals surface area (Å²) in [5.41, 5.74) is 2.35. The maximum atomic E-state index is 11.1. The van der Waals surface area contributed by atoms with E-state index in [1.807, 2.05) is 24.3 Å². The Labute approximate surface area is 76.5 Å². The van der Waals surface area contributed by atoms with Crippen LogP contribution in [0.5, 0.6) is 0 Å². The van der Waals surface area contributed by atoms with E-state index < -0.39 is 0 Å². The van der Waals surface area contributed by atoms with Crippen LogP contribution >= 0.6 is 0 Å². The fraction of sp³-hybridized carbons (Fsp3) is 0.100. The van der Waals surface area contributed by atoms with Gasteiger partial charge in [-0.05, 0) is 13.0 Å². The Kier molecular flexibility index (Phi) is 1.85. The van der Waals surface area contributed by atoms with Crippen molar-refractivity contribution in [1.29, 1.82) is 0 Å². The lowest BCUT2D eigenvalue weighted by molar-refractivity contribution is -0.114. The lowest BCUT2D eigenvalue weighted by Crippen LogP contribution is -2.13. The first kappa shape index (κ1) is 7.98. The number of benzodiazepines with no additional fused rings is 1. The second-order valence-electron chi connectivity index (χ2n) is 2.86. The van der Waals surface area contributed by atoms with Crippen LogP contribution in [0.15, 0.2) is 29.3 Å². The van der Waals surface area contributed by atoms with Crippen LogP contribution in [0, 0.1) is 6.92 Å². The molecule has 0 aromatic heterocycles. The van der Waals surface area contributed by atoms with Crippen molar-refractivity contribution in [3.63, 3.8) is 0 Å². The molecule has 1 heterocycles. The van der Waals surface area contributed by atoms with E-state index in [0.29, 0.717) is 5.71 Å². The average Bonchev–Trinajstić information content (AvgIpc) is 2.27. The molecule has 0 fully saturated rings. The number of carbonyl (C=O) groups is 1. The van der Waals surface area contributed by atoms with Gasteiger partial charge in [0.1, 0.15) is 6.54 Å². The van der Waals surface area contributed by atoms with Crippen molar-refractivity contribution >= 4 is 17.3 Å². The molecule has 1 N–H and O–H groups in total. The van der Waals surface area contributed by atoms with E-state index in [9.17, 15) is 4.79 Å². The minimum Gasteiger partial charge on any atom is -0.324 e. The first-order valence-electron chi connectivity index (χ1n) is 4.03. The van der Waals surface area contributed by atoms with Crippen molar-refractivity contribution in [3.05, 3.63) is 36.8 Å². The largest absolute Gasteiger partial charge is 0.324 e. The highest BCUT2D eigenvalue weighted by Crippen LogP contribution is 2.17. The third-order valence-corrected chi connectivity index (χ3v) is 1.93. The number of rotatable bonds is 0. The van der Waals surface area contributed by atoms with E-state index in [2.05, 4.69) is 17.2 Å². The van der Waals surface area contributed by atoms with Gasteiger partial charge < -0.3 is 5.32 Å². The van der Waals surface area contributed by atoms with Crippen LogP contribution in [-0.4, -0.2) is 18.2 Å². The van der Waals surface area contributed by atoms with Crippen LogP contribution < -0.4 is 5.32 Å². The summed E-state index contributed by atoms with van der Waals surface area (Å²) in [5, 5.41) is 2.76. The Balaban J connectivity index is 2.55. The number of para-hydroxylation sites is 1. The predicted octanol–water partition coefficient (Wildman–Crippen LogP) is 1.26. The normalized spacial score (nSPS) is 15.5. The van der Waals surface area contributed by atoms with E-state index in [-0.39, 0.29) is 12.5 Å². The molecule has 0 atom stereocenters. The van der Waals surface area contributed by atoms with Crippen LogP contribution in [0.25, 0.3) is 0 Å². The summed E-state index contributed by atoms with van der Waals surface area (Å²) in [7, 11) is 0. The number of benzene rings is 1. The molecule has 1 amide bonds. The van der Waals surface area contributed by atoms with Crippen LogP contribution in [0.2, 0.25) is 0 Å². The molecule has 1 aromatic carbocycles. The highest BCUT2D eigenvalue weighted by Gasteiger charge is 2.11. The third kappa shape index (κ3) is 1.45. The average molecular weight is 173 g/mol. The standard InChI is InChI=1S/C10H9N2O/c1-7-8-4-2-3-5-9(8)12-10(13)6-11-7/h2-5H,1,6H2,(H,12,13). The Morgan fingerprint density at radius 1 is 1.38 bits per heavy atom. The van der Waals surface area contributed by atoms with Gasteiger partial charge in [-0.15, -0.1) is 0 Å². The summed E-state index contributed by atoms with van der Waals surface area (Å²) in [6.07, 6.45) is 0. The lowest BCUT2D eigenvalue weighted by atomic mass is 10.1. The zero-order valence-electron chi connectivity index (χ0n) is 7.08. The number of anilines is 1. The topological polar surface area (TPSA) is 41.5 Å². The molecule has 13 heavy (non-hydrogen) atoms. The highest BCUT2D eigenvalue weighted by molar-refractivity contribution is 6.12. The van der Waals surface area contributed by atoms with Gasteiger partial charge in [0, 0.05) is 17.0 Å². The molecule has 0 unspecified atom stereocenters. The van der Waals surface area contributed by atoms with Crippen LogP contribution in [0.3, 0.4) is 0 Å². The van der Waals surface area contributed by atoms with Crippen molar-refractivity contribution in [2.24, 2.45) is 4.99 Å². The molecule has 1 aliphatic heterocycles. The molecule has 3 nitrogen and oxygen atoms in total. The third-order valence-electron chi connectivity index (χ3n) is 1.93. The number of nitrogens with zero attached hydrogens (tertiary/aromatic N) is 1. The first-order valence-corrected chi connectivity index (χ1v) is 4.03. The first-order chi connectivity index (χ1) is 6.27. The molecule has 0 saturated carbocycles. The number of nitrogens with one attached hydrogen (secondary N) is 1. The van der Waals surface area contributed by atoms with Gasteiger partial charge >= 0.3 is 0 Å². The maximum Gasteiger partial charge on any atom is 0.246 e. The van der Waals surface area contributed by atoms with E-state index in [1.54, 1.807) is 0 Å². The Bertz CT molecular complexity index is 382. The number of hydrogen-bond acceptors (Lipinski definition) is 2. The smallest absolute Gasteiger partial charge is 0.246 e. The summed E-state index contributed by atoms with van der Waals surface area (Å²) in [6.45, 7) is 3.95. The molecule has 0 saturated heterocycles. The summed E-state index contributed by atoms with van der Waals surface area (Å²) in [4.78, 5) is 15.2. The van der Waals surface area contributed by atoms with Crippen LogP contribution in [-0.2, 0) is 4.79 Å². The monoisotopic (exact) mass is 173 g/mol. The summed E-state index contributed by atoms with van der Waals surface area (Å²) in [6, 6.07) is 7.51. The Morgan fingerprint density at radius 3 is 3.00 bits per heavy atom. The predicted molar refractivity (Wildman–Crippen MR) is 51.8 cm³/mol. The van der Waals surface area contributed by atoms with E-state index in [0.717, 1.165) is 11.3 Å². The molecule has 2 rings (SSSR count). The van der Waals surface area contributed by atoms with E-state index in [1.165, 1.54) is 0 Å². The quantitative estimate of drug-likeness (QED) is 0.630. The van der Waals surface area contributed by atoms with Crippen molar-refractivity contribution in [1.82, 2.24) is 0 Å². The summed E-state index contributed by atoms with van der Waals surface area (Å²) in [5.74, 6) is -0.0916. The van der Waals surface area contributed by atoms with Crippen LogP contribution in [0.4, 0.5) is 5.69 Å². The molecule has 0 spiro atoms. The number of hydrogen-bond donors (Lipinski definition) is 1. The highest BCUT2D eigenvalue weighted by atomic mass is 16.1. The van der Waals surface area contributed by atoms with E-state index in [4.69, 9.17) is 0 Å². The zero-order valence-corrected chi connectivity index (χ0v) is 7.08. The van der Waals surface area contributed by atoms with Gasteiger partial charge in [0.2, 0.25) is 5.91 Å². The molecule has 0 aliphatic carbocycles. The van der Waals surface area contributed by atoms with Gasteiger partial charge in [0.15, 0.2) is 0 Å². The maximum absolute atomic E-state index is 11.1. The molecule has 65 valence electrons. The van der Waals surface area contributed by atoms with Gasteiger partial charge in [0.25, 0.3) is 0 Å². The Hall–Kier alpha value is -1.64.